The number of benzene rings is 1. The van der Waals surface area contributed by atoms with Gasteiger partial charge in [-0.15, -0.1) is 0 Å². The van der Waals surface area contributed by atoms with E-state index < -0.39 is 5.41 Å². The minimum atomic E-state index is -0.511. The SMILES string of the molecule is COc1ccccc1C1(C(=O)Nc2cnc(N3CCN(C)CC3)nc2)CC1. The summed E-state index contributed by atoms with van der Waals surface area (Å²) in [5.74, 6) is 1.45. The van der Waals surface area contributed by atoms with Gasteiger partial charge in [0.15, 0.2) is 0 Å². The van der Waals surface area contributed by atoms with E-state index in [0.29, 0.717) is 11.6 Å². The summed E-state index contributed by atoms with van der Waals surface area (Å²) in [4.78, 5) is 26.3. The van der Waals surface area contributed by atoms with Gasteiger partial charge >= 0.3 is 0 Å². The van der Waals surface area contributed by atoms with Gasteiger partial charge in [0.2, 0.25) is 11.9 Å². The molecule has 0 spiro atoms. The molecule has 1 N–H and O–H groups in total. The molecule has 7 heteroatoms. The van der Waals surface area contributed by atoms with Gasteiger partial charge in [-0.25, -0.2) is 9.97 Å². The molecule has 2 aromatic rings. The summed E-state index contributed by atoms with van der Waals surface area (Å²) in [7, 11) is 3.75. The summed E-state index contributed by atoms with van der Waals surface area (Å²) in [6.07, 6.45) is 5.02. The highest BCUT2D eigenvalue weighted by Crippen LogP contribution is 2.51. The van der Waals surface area contributed by atoms with Crippen molar-refractivity contribution in [3.8, 4) is 5.75 Å². The normalized spacial score (nSPS) is 18.8. The Morgan fingerprint density at radius 1 is 1.11 bits per heavy atom. The van der Waals surface area contributed by atoms with Gasteiger partial charge in [-0.2, -0.15) is 0 Å². The monoisotopic (exact) mass is 367 g/mol. The van der Waals surface area contributed by atoms with Crippen molar-refractivity contribution >= 4 is 17.5 Å². The van der Waals surface area contributed by atoms with Gasteiger partial charge in [0.05, 0.1) is 30.6 Å². The maximum atomic E-state index is 12.9. The minimum Gasteiger partial charge on any atom is -0.496 e. The molecule has 1 aromatic carbocycles. The lowest BCUT2D eigenvalue weighted by Gasteiger charge is -2.32. The zero-order chi connectivity index (χ0) is 18.9. The molecule has 1 saturated carbocycles. The number of hydrogen-bond acceptors (Lipinski definition) is 6. The average Bonchev–Trinajstić information content (AvgIpc) is 3.51. The molecule has 1 amide bonds. The van der Waals surface area contributed by atoms with Crippen molar-refractivity contribution in [3.05, 3.63) is 42.2 Å². The molecule has 1 saturated heterocycles. The number of aromatic nitrogens is 2. The second-order valence-corrected chi connectivity index (χ2v) is 7.30. The molecule has 1 aliphatic carbocycles. The predicted octanol–water partition coefficient (Wildman–Crippen LogP) is 1.91. The van der Waals surface area contributed by atoms with E-state index in [1.165, 1.54) is 0 Å². The number of carbonyl (C=O) groups excluding carboxylic acids is 1. The third kappa shape index (κ3) is 3.47. The van der Waals surface area contributed by atoms with E-state index >= 15 is 0 Å². The van der Waals surface area contributed by atoms with Crippen LogP contribution in [0.5, 0.6) is 5.75 Å². The Morgan fingerprint density at radius 2 is 1.78 bits per heavy atom. The van der Waals surface area contributed by atoms with Gasteiger partial charge in [-0.05, 0) is 26.0 Å². The fourth-order valence-corrected chi connectivity index (χ4v) is 3.59. The summed E-state index contributed by atoms with van der Waals surface area (Å²) in [5.41, 5.74) is 1.06. The van der Waals surface area contributed by atoms with Crippen molar-refractivity contribution in [2.75, 3.05) is 50.6 Å². The van der Waals surface area contributed by atoms with Crippen molar-refractivity contribution < 1.29 is 9.53 Å². The molecule has 7 nitrogen and oxygen atoms in total. The lowest BCUT2D eigenvalue weighted by Crippen LogP contribution is -2.45. The molecule has 1 aromatic heterocycles. The van der Waals surface area contributed by atoms with E-state index in [-0.39, 0.29) is 5.91 Å². The van der Waals surface area contributed by atoms with Gasteiger partial charge in [0.1, 0.15) is 5.75 Å². The minimum absolute atomic E-state index is 0.0250. The molecule has 142 valence electrons. The van der Waals surface area contributed by atoms with Crippen molar-refractivity contribution in [1.82, 2.24) is 14.9 Å². The van der Waals surface area contributed by atoms with Crippen molar-refractivity contribution in [1.29, 1.82) is 0 Å². The van der Waals surface area contributed by atoms with Crippen molar-refractivity contribution in [3.63, 3.8) is 0 Å². The highest BCUT2D eigenvalue weighted by molar-refractivity contribution is 6.01. The summed E-state index contributed by atoms with van der Waals surface area (Å²) in [6.45, 7) is 3.84. The molecule has 27 heavy (non-hydrogen) atoms. The van der Waals surface area contributed by atoms with Crippen LogP contribution in [0.15, 0.2) is 36.7 Å². The van der Waals surface area contributed by atoms with Crippen LogP contribution in [0.2, 0.25) is 0 Å². The molecule has 2 aliphatic rings. The number of methoxy groups -OCH3 is 1. The number of nitrogens with one attached hydrogen (secondary N) is 1. The van der Waals surface area contributed by atoms with Crippen molar-refractivity contribution in [2.45, 2.75) is 18.3 Å². The molecule has 4 rings (SSSR count). The fourth-order valence-electron chi connectivity index (χ4n) is 3.59. The summed E-state index contributed by atoms with van der Waals surface area (Å²) < 4.78 is 5.45. The van der Waals surface area contributed by atoms with Crippen LogP contribution in [0, 0.1) is 0 Å². The van der Waals surface area contributed by atoms with E-state index in [0.717, 1.165) is 50.3 Å². The maximum Gasteiger partial charge on any atom is 0.235 e. The summed E-state index contributed by atoms with van der Waals surface area (Å²) in [6, 6.07) is 7.73. The van der Waals surface area contributed by atoms with E-state index in [1.807, 2.05) is 24.3 Å². The van der Waals surface area contributed by atoms with E-state index in [2.05, 4.69) is 32.1 Å². The second kappa shape index (κ2) is 7.15. The van der Waals surface area contributed by atoms with Crippen LogP contribution in [0.1, 0.15) is 18.4 Å². The zero-order valence-electron chi connectivity index (χ0n) is 15.8. The Morgan fingerprint density at radius 3 is 2.41 bits per heavy atom. The first-order chi connectivity index (χ1) is 13.1. The van der Waals surface area contributed by atoms with Crippen LogP contribution in [-0.4, -0.2) is 61.1 Å². The lowest BCUT2D eigenvalue weighted by molar-refractivity contribution is -0.118. The summed E-state index contributed by atoms with van der Waals surface area (Å²) >= 11 is 0. The first kappa shape index (κ1) is 17.7. The number of likely N-dealkylation sites (N-methyl/N-ethyl adjacent to an activating group) is 1. The number of ether oxygens (including phenoxy) is 1. The quantitative estimate of drug-likeness (QED) is 0.871. The molecular weight excluding hydrogens is 342 g/mol. The topological polar surface area (TPSA) is 70.6 Å². The molecule has 2 heterocycles. The Kier molecular flexibility index (Phi) is 4.70. The molecular formula is C20H25N5O2. The average molecular weight is 367 g/mol. The second-order valence-electron chi connectivity index (χ2n) is 7.30. The first-order valence-corrected chi connectivity index (χ1v) is 9.33. The van der Waals surface area contributed by atoms with E-state index in [1.54, 1.807) is 19.5 Å². The molecule has 0 unspecified atom stereocenters. The van der Waals surface area contributed by atoms with Crippen LogP contribution in [0.25, 0.3) is 0 Å². The predicted molar refractivity (Wildman–Crippen MR) is 104 cm³/mol. The number of carbonyl (C=O) groups is 1. The van der Waals surface area contributed by atoms with Crippen LogP contribution in [0.3, 0.4) is 0 Å². The van der Waals surface area contributed by atoms with Gasteiger partial charge in [0.25, 0.3) is 0 Å². The summed E-state index contributed by atoms with van der Waals surface area (Å²) in [5, 5.41) is 2.99. The number of nitrogens with zero attached hydrogens (tertiary/aromatic N) is 4. The number of para-hydroxylation sites is 1. The third-order valence-corrected chi connectivity index (χ3v) is 5.49. The van der Waals surface area contributed by atoms with Crippen molar-refractivity contribution in [2.24, 2.45) is 0 Å². The first-order valence-electron chi connectivity index (χ1n) is 9.33. The van der Waals surface area contributed by atoms with E-state index in [4.69, 9.17) is 4.74 Å². The van der Waals surface area contributed by atoms with Crippen LogP contribution < -0.4 is 15.0 Å². The Bertz CT molecular complexity index is 811. The number of rotatable bonds is 5. The number of anilines is 2. The highest BCUT2D eigenvalue weighted by Gasteiger charge is 2.52. The highest BCUT2D eigenvalue weighted by atomic mass is 16.5. The molecule has 0 atom stereocenters. The fraction of sp³-hybridized carbons (Fsp3) is 0.450. The Balaban J connectivity index is 1.45. The largest absolute Gasteiger partial charge is 0.496 e. The third-order valence-electron chi connectivity index (χ3n) is 5.49. The number of piperazine rings is 1. The zero-order valence-corrected chi connectivity index (χ0v) is 15.8. The van der Waals surface area contributed by atoms with Gasteiger partial charge in [-0.3, -0.25) is 4.79 Å². The van der Waals surface area contributed by atoms with Gasteiger partial charge in [-0.1, -0.05) is 18.2 Å². The van der Waals surface area contributed by atoms with E-state index in [9.17, 15) is 4.79 Å². The van der Waals surface area contributed by atoms with Crippen LogP contribution >= 0.6 is 0 Å². The van der Waals surface area contributed by atoms with Gasteiger partial charge < -0.3 is 19.9 Å². The van der Waals surface area contributed by atoms with Crippen LogP contribution in [0.4, 0.5) is 11.6 Å². The molecule has 0 bridgehead atoms. The molecule has 0 radical (unpaired) electrons. The molecule has 1 aliphatic heterocycles. The standard InChI is InChI=1S/C20H25N5O2/c1-24-9-11-25(12-10-24)19-21-13-15(14-22-19)23-18(26)20(7-8-20)16-5-3-4-6-17(16)27-2/h3-6,13-14H,7-12H2,1-2H3,(H,23,26). The maximum absolute atomic E-state index is 12.9. The molecule has 2 fully saturated rings. The van der Waals surface area contributed by atoms with Crippen LogP contribution in [-0.2, 0) is 10.2 Å². The lowest BCUT2D eigenvalue weighted by atomic mass is 9.94. The number of hydrogen-bond donors (Lipinski definition) is 1. The number of amides is 1. The Labute approximate surface area is 159 Å². The smallest absolute Gasteiger partial charge is 0.235 e. The Hall–Kier alpha value is -2.67. The van der Waals surface area contributed by atoms with Gasteiger partial charge in [0, 0.05) is 31.7 Å².